The van der Waals surface area contributed by atoms with Crippen molar-refractivity contribution in [2.75, 3.05) is 16.8 Å². The number of nitrogens with zero attached hydrogens (tertiary/aromatic N) is 2. The first-order chi connectivity index (χ1) is 6.16. The molecule has 1 aliphatic carbocycles. The fourth-order valence-electron chi connectivity index (χ4n) is 0.957. The third-order valence-corrected chi connectivity index (χ3v) is 1.81. The van der Waals surface area contributed by atoms with E-state index in [4.69, 9.17) is 11.5 Å². The van der Waals surface area contributed by atoms with Crippen LogP contribution in [0.2, 0.25) is 0 Å². The summed E-state index contributed by atoms with van der Waals surface area (Å²) in [5, 5.41) is 2.98. The van der Waals surface area contributed by atoms with E-state index in [1.54, 1.807) is 0 Å². The van der Waals surface area contributed by atoms with Gasteiger partial charge in [-0.3, -0.25) is 0 Å². The lowest BCUT2D eigenvalue weighted by Gasteiger charge is -2.05. The van der Waals surface area contributed by atoms with Crippen LogP contribution in [0.4, 0.5) is 22.0 Å². The Morgan fingerprint density at radius 2 is 1.77 bits per heavy atom. The summed E-state index contributed by atoms with van der Waals surface area (Å²) < 4.78 is 12.9. The zero-order valence-electron chi connectivity index (χ0n) is 6.92. The summed E-state index contributed by atoms with van der Waals surface area (Å²) in [7, 11) is 0. The van der Waals surface area contributed by atoms with Crippen LogP contribution < -0.4 is 16.8 Å². The van der Waals surface area contributed by atoms with E-state index >= 15 is 0 Å². The van der Waals surface area contributed by atoms with E-state index in [2.05, 4.69) is 15.3 Å². The second-order valence-electron chi connectivity index (χ2n) is 3.05. The zero-order chi connectivity index (χ0) is 9.42. The summed E-state index contributed by atoms with van der Waals surface area (Å²) in [6.07, 6.45) is 2.17. The van der Waals surface area contributed by atoms with E-state index in [0.717, 1.165) is 12.8 Å². The van der Waals surface area contributed by atoms with Gasteiger partial charge in [0.25, 0.3) is 0 Å². The molecule has 70 valence electrons. The number of nitrogens with one attached hydrogen (secondary N) is 1. The zero-order valence-corrected chi connectivity index (χ0v) is 6.92. The molecule has 2 rings (SSSR count). The third kappa shape index (κ3) is 1.61. The number of hydrogen-bond donors (Lipinski definition) is 3. The predicted molar refractivity (Wildman–Crippen MR) is 47.5 cm³/mol. The molecule has 1 aliphatic rings. The number of nitrogen functional groups attached to an aromatic ring is 2. The van der Waals surface area contributed by atoms with Crippen LogP contribution in [0.15, 0.2) is 0 Å². The van der Waals surface area contributed by atoms with Crippen molar-refractivity contribution in [2.45, 2.75) is 18.9 Å². The van der Waals surface area contributed by atoms with Crippen LogP contribution in [0.5, 0.6) is 0 Å². The highest BCUT2D eigenvalue weighted by molar-refractivity contribution is 5.49. The van der Waals surface area contributed by atoms with E-state index < -0.39 is 5.82 Å². The van der Waals surface area contributed by atoms with Crippen molar-refractivity contribution in [3.63, 3.8) is 0 Å². The Bertz CT molecular complexity index is 313. The number of nitrogens with two attached hydrogens (primary N) is 2. The molecule has 13 heavy (non-hydrogen) atoms. The second kappa shape index (κ2) is 2.72. The van der Waals surface area contributed by atoms with Gasteiger partial charge >= 0.3 is 0 Å². The number of anilines is 3. The molecule has 0 bridgehead atoms. The first kappa shape index (κ1) is 8.03. The number of aromatic nitrogens is 2. The molecule has 0 saturated heterocycles. The Balaban J connectivity index is 2.25. The highest BCUT2D eigenvalue weighted by atomic mass is 19.1. The Labute approximate surface area is 74.4 Å². The molecule has 1 saturated carbocycles. The molecule has 0 spiro atoms. The predicted octanol–water partition coefficient (Wildman–Crippen LogP) is 0.354. The number of halogens is 1. The first-order valence-corrected chi connectivity index (χ1v) is 4.02. The van der Waals surface area contributed by atoms with Crippen LogP contribution in [0, 0.1) is 5.82 Å². The second-order valence-corrected chi connectivity index (χ2v) is 3.05. The molecule has 0 radical (unpaired) electrons. The highest BCUT2D eigenvalue weighted by Gasteiger charge is 2.22. The molecule has 0 unspecified atom stereocenters. The summed E-state index contributed by atoms with van der Waals surface area (Å²) in [6.45, 7) is 0. The lowest BCUT2D eigenvalue weighted by atomic mass is 10.5. The number of rotatable bonds is 2. The van der Waals surface area contributed by atoms with Crippen LogP contribution >= 0.6 is 0 Å². The first-order valence-electron chi connectivity index (χ1n) is 4.02. The minimum Gasteiger partial charge on any atom is -0.381 e. The lowest BCUT2D eigenvalue weighted by molar-refractivity contribution is 0.626. The van der Waals surface area contributed by atoms with Crippen molar-refractivity contribution < 1.29 is 4.39 Å². The van der Waals surface area contributed by atoms with Crippen LogP contribution in [-0.4, -0.2) is 16.0 Å². The van der Waals surface area contributed by atoms with E-state index in [1.807, 2.05) is 0 Å². The summed E-state index contributed by atoms with van der Waals surface area (Å²) >= 11 is 0. The molecule has 5 nitrogen and oxygen atoms in total. The van der Waals surface area contributed by atoms with Crippen molar-refractivity contribution >= 4 is 17.6 Å². The van der Waals surface area contributed by atoms with Crippen molar-refractivity contribution in [1.82, 2.24) is 9.97 Å². The molecule has 5 N–H and O–H groups in total. The molecule has 1 heterocycles. The van der Waals surface area contributed by atoms with Crippen molar-refractivity contribution in [1.29, 1.82) is 0 Å². The molecule has 0 aliphatic heterocycles. The van der Waals surface area contributed by atoms with Gasteiger partial charge in [-0.05, 0) is 12.8 Å². The molecule has 1 aromatic rings. The minimum atomic E-state index is -0.749. The summed E-state index contributed by atoms with van der Waals surface area (Å²) in [6, 6.07) is 0.393. The average molecular weight is 183 g/mol. The standard InChI is InChI=1S/C7H10FN5/c8-4-5(9)12-7(13-6(4)10)11-3-1-2-3/h3H,1-2H2,(H5,9,10,11,12,13). The van der Waals surface area contributed by atoms with Gasteiger partial charge in [0.15, 0.2) is 11.6 Å². The topological polar surface area (TPSA) is 89.8 Å². The van der Waals surface area contributed by atoms with E-state index in [9.17, 15) is 4.39 Å². The van der Waals surface area contributed by atoms with Gasteiger partial charge in [-0.15, -0.1) is 0 Å². The molecule has 0 amide bonds. The Morgan fingerprint density at radius 3 is 2.23 bits per heavy atom. The van der Waals surface area contributed by atoms with Crippen LogP contribution in [-0.2, 0) is 0 Å². The molecule has 6 heteroatoms. The van der Waals surface area contributed by atoms with Gasteiger partial charge in [-0.25, -0.2) is 0 Å². The Morgan fingerprint density at radius 1 is 1.23 bits per heavy atom. The fraction of sp³-hybridized carbons (Fsp3) is 0.429. The highest BCUT2D eigenvalue weighted by Crippen LogP contribution is 2.24. The maximum atomic E-state index is 12.9. The largest absolute Gasteiger partial charge is 0.381 e. The van der Waals surface area contributed by atoms with Gasteiger partial charge in [0, 0.05) is 6.04 Å². The quantitative estimate of drug-likeness (QED) is 0.615. The van der Waals surface area contributed by atoms with Gasteiger partial charge in [0.05, 0.1) is 0 Å². The SMILES string of the molecule is Nc1nc(NC2CC2)nc(N)c1F. The van der Waals surface area contributed by atoms with E-state index in [-0.39, 0.29) is 11.6 Å². The maximum Gasteiger partial charge on any atom is 0.227 e. The van der Waals surface area contributed by atoms with Gasteiger partial charge in [0.2, 0.25) is 11.8 Å². The molecular formula is C7H10FN5. The molecule has 0 atom stereocenters. The van der Waals surface area contributed by atoms with Crippen molar-refractivity contribution in [2.24, 2.45) is 0 Å². The van der Waals surface area contributed by atoms with Crippen molar-refractivity contribution in [3.05, 3.63) is 5.82 Å². The van der Waals surface area contributed by atoms with Crippen LogP contribution in [0.3, 0.4) is 0 Å². The molecular weight excluding hydrogens is 173 g/mol. The van der Waals surface area contributed by atoms with Crippen LogP contribution in [0.25, 0.3) is 0 Å². The van der Waals surface area contributed by atoms with Gasteiger partial charge < -0.3 is 16.8 Å². The van der Waals surface area contributed by atoms with E-state index in [0.29, 0.717) is 12.0 Å². The monoisotopic (exact) mass is 183 g/mol. The van der Waals surface area contributed by atoms with Crippen molar-refractivity contribution in [3.8, 4) is 0 Å². The fourth-order valence-corrected chi connectivity index (χ4v) is 0.957. The smallest absolute Gasteiger partial charge is 0.227 e. The van der Waals surface area contributed by atoms with Gasteiger partial charge in [-0.2, -0.15) is 14.4 Å². The van der Waals surface area contributed by atoms with Crippen LogP contribution in [0.1, 0.15) is 12.8 Å². The summed E-state index contributed by atoms with van der Waals surface area (Å²) in [5.74, 6) is -0.869. The normalized spacial score (nSPS) is 15.8. The summed E-state index contributed by atoms with van der Waals surface area (Å²) in [4.78, 5) is 7.43. The molecule has 1 fully saturated rings. The maximum absolute atomic E-state index is 12.9. The van der Waals surface area contributed by atoms with Gasteiger partial charge in [0.1, 0.15) is 0 Å². The molecule has 0 aromatic carbocycles. The number of hydrogen-bond acceptors (Lipinski definition) is 5. The Hall–Kier alpha value is -1.59. The van der Waals surface area contributed by atoms with E-state index in [1.165, 1.54) is 0 Å². The van der Waals surface area contributed by atoms with Gasteiger partial charge in [-0.1, -0.05) is 0 Å². The summed E-state index contributed by atoms with van der Waals surface area (Å²) in [5.41, 5.74) is 10.5. The third-order valence-electron chi connectivity index (χ3n) is 1.81. The lowest BCUT2D eigenvalue weighted by Crippen LogP contribution is -2.10. The average Bonchev–Trinajstić information content (AvgIpc) is 2.84. The Kier molecular flexibility index (Phi) is 1.68. The minimum absolute atomic E-state index is 0.212. The molecule has 1 aromatic heterocycles.